The normalized spacial score (nSPS) is 12.7. The van der Waals surface area contributed by atoms with Gasteiger partial charge in [0.05, 0.1) is 28.4 Å². The summed E-state index contributed by atoms with van der Waals surface area (Å²) in [6.45, 7) is 0.144. The lowest BCUT2D eigenvalue weighted by Crippen LogP contribution is -2.04. The van der Waals surface area contributed by atoms with Crippen molar-refractivity contribution in [3.05, 3.63) is 106 Å². The first-order valence-electron chi connectivity index (χ1n) is 9.81. The van der Waals surface area contributed by atoms with Crippen LogP contribution in [0, 0.1) is 23.0 Å². The van der Waals surface area contributed by atoms with Crippen LogP contribution >= 0.6 is 0 Å². The number of ketones is 1. The third-order valence-electron chi connectivity index (χ3n) is 5.36. The van der Waals surface area contributed by atoms with Crippen molar-refractivity contribution in [2.24, 2.45) is 0 Å². The minimum Gasteiger partial charge on any atom is -0.488 e. The van der Waals surface area contributed by atoms with Gasteiger partial charge in [0, 0.05) is 22.6 Å². The predicted octanol–water partition coefficient (Wildman–Crippen LogP) is 5.68. The molecule has 1 aromatic heterocycles. The van der Waals surface area contributed by atoms with E-state index in [9.17, 15) is 18.8 Å². The van der Waals surface area contributed by atoms with E-state index < -0.39 is 11.6 Å². The Hall–Kier alpha value is -4.37. The molecule has 0 unspecified atom stereocenters. The monoisotopic (exact) mass is 424 g/mol. The van der Waals surface area contributed by atoms with E-state index in [1.807, 2.05) is 0 Å². The van der Waals surface area contributed by atoms with Crippen LogP contribution in [0.2, 0.25) is 0 Å². The van der Waals surface area contributed by atoms with Crippen LogP contribution < -0.4 is 4.74 Å². The Labute approximate surface area is 182 Å². The highest BCUT2D eigenvalue weighted by molar-refractivity contribution is 6.12. The summed E-state index contributed by atoms with van der Waals surface area (Å²) in [4.78, 5) is 17.5. The van der Waals surface area contributed by atoms with Crippen LogP contribution in [0.3, 0.4) is 0 Å². The Morgan fingerprint density at radius 3 is 2.66 bits per heavy atom. The second kappa shape index (κ2) is 7.71. The SMILES string of the molecule is N#Cc1cccc2c1COc1ccc(/C=C/c3ccc4cc(F)c(F)cc4n3)cc1C2=O. The maximum Gasteiger partial charge on any atom is 0.197 e. The first-order valence-corrected chi connectivity index (χ1v) is 9.81. The fourth-order valence-electron chi connectivity index (χ4n) is 3.72. The zero-order valence-electron chi connectivity index (χ0n) is 16.6. The highest BCUT2D eigenvalue weighted by Crippen LogP contribution is 2.31. The molecule has 0 N–H and O–H groups in total. The molecule has 154 valence electrons. The van der Waals surface area contributed by atoms with Crippen LogP contribution in [0.15, 0.2) is 60.7 Å². The number of nitriles is 1. The van der Waals surface area contributed by atoms with E-state index in [0.717, 1.165) is 17.7 Å². The van der Waals surface area contributed by atoms with Gasteiger partial charge in [-0.05, 0) is 42.0 Å². The molecule has 32 heavy (non-hydrogen) atoms. The van der Waals surface area contributed by atoms with Crippen LogP contribution in [0.25, 0.3) is 23.1 Å². The fraction of sp³-hybridized carbons (Fsp3) is 0.0385. The van der Waals surface area contributed by atoms with Crippen LogP contribution in [0.4, 0.5) is 8.78 Å². The average molecular weight is 424 g/mol. The van der Waals surface area contributed by atoms with E-state index in [0.29, 0.717) is 44.6 Å². The van der Waals surface area contributed by atoms with E-state index in [4.69, 9.17) is 4.74 Å². The zero-order valence-corrected chi connectivity index (χ0v) is 16.6. The fourth-order valence-corrected chi connectivity index (χ4v) is 3.72. The molecule has 0 bridgehead atoms. The second-order valence-electron chi connectivity index (χ2n) is 7.35. The maximum absolute atomic E-state index is 13.5. The number of benzene rings is 3. The highest BCUT2D eigenvalue weighted by atomic mass is 19.2. The number of rotatable bonds is 2. The third-order valence-corrected chi connectivity index (χ3v) is 5.36. The Morgan fingerprint density at radius 2 is 1.81 bits per heavy atom. The molecular formula is C26H14F2N2O2. The Morgan fingerprint density at radius 1 is 0.969 bits per heavy atom. The quantitative estimate of drug-likeness (QED) is 0.415. The van der Waals surface area contributed by atoms with E-state index in [-0.39, 0.29) is 12.4 Å². The molecule has 0 aliphatic carbocycles. The lowest BCUT2D eigenvalue weighted by atomic mass is 9.95. The summed E-state index contributed by atoms with van der Waals surface area (Å²) < 4.78 is 32.7. The number of nitrogens with zero attached hydrogens (tertiary/aromatic N) is 2. The molecule has 5 rings (SSSR count). The van der Waals surface area contributed by atoms with Gasteiger partial charge in [0.2, 0.25) is 0 Å². The van der Waals surface area contributed by atoms with Crippen molar-refractivity contribution < 1.29 is 18.3 Å². The van der Waals surface area contributed by atoms with Gasteiger partial charge >= 0.3 is 0 Å². The van der Waals surface area contributed by atoms with Crippen LogP contribution in [-0.4, -0.2) is 10.8 Å². The van der Waals surface area contributed by atoms with Crippen LogP contribution in [0.1, 0.15) is 38.3 Å². The number of pyridine rings is 1. The lowest BCUT2D eigenvalue weighted by molar-refractivity contribution is 0.103. The number of aromatic nitrogens is 1. The van der Waals surface area contributed by atoms with Gasteiger partial charge in [-0.3, -0.25) is 4.79 Å². The molecule has 0 saturated heterocycles. The van der Waals surface area contributed by atoms with Crippen LogP contribution in [-0.2, 0) is 6.61 Å². The first-order chi connectivity index (χ1) is 15.5. The van der Waals surface area contributed by atoms with Gasteiger partial charge < -0.3 is 4.74 Å². The Bertz CT molecular complexity index is 1490. The van der Waals surface area contributed by atoms with E-state index >= 15 is 0 Å². The van der Waals surface area contributed by atoms with E-state index in [1.54, 1.807) is 60.7 Å². The summed E-state index contributed by atoms with van der Waals surface area (Å²) in [6, 6.07) is 17.9. The summed E-state index contributed by atoms with van der Waals surface area (Å²) in [7, 11) is 0. The molecule has 4 aromatic rings. The van der Waals surface area contributed by atoms with Gasteiger partial charge in [-0.15, -0.1) is 0 Å². The molecule has 4 nitrogen and oxygen atoms in total. The molecule has 1 aliphatic heterocycles. The van der Waals surface area contributed by atoms with Crippen molar-refractivity contribution in [2.45, 2.75) is 6.61 Å². The van der Waals surface area contributed by atoms with Crippen molar-refractivity contribution in [3.63, 3.8) is 0 Å². The molecule has 6 heteroatoms. The standard InChI is InChI=1S/C26H14F2N2O2/c27-22-11-16-6-8-18(30-24(16)12-23(22)28)7-4-15-5-9-25-20(10-15)26(31)19-3-1-2-17(13-29)21(19)14-32-25/h1-12H,14H2/b7-4+. The Balaban J connectivity index is 1.49. The number of ether oxygens (including phenoxy) is 1. The summed E-state index contributed by atoms with van der Waals surface area (Å²) >= 11 is 0. The molecule has 0 atom stereocenters. The van der Waals surface area contributed by atoms with Gasteiger partial charge in [-0.2, -0.15) is 5.26 Å². The predicted molar refractivity (Wildman–Crippen MR) is 116 cm³/mol. The largest absolute Gasteiger partial charge is 0.488 e. The number of halogens is 2. The molecule has 0 amide bonds. The maximum atomic E-state index is 13.5. The van der Waals surface area contributed by atoms with Gasteiger partial charge in [0.15, 0.2) is 17.4 Å². The Kier molecular flexibility index (Phi) is 4.72. The molecule has 0 radical (unpaired) electrons. The number of hydrogen-bond donors (Lipinski definition) is 0. The molecule has 0 fully saturated rings. The molecular weight excluding hydrogens is 410 g/mol. The summed E-state index contributed by atoms with van der Waals surface area (Å²) in [6.07, 6.45) is 3.51. The molecule has 0 saturated carbocycles. The van der Waals surface area contributed by atoms with Crippen molar-refractivity contribution >= 4 is 28.8 Å². The topological polar surface area (TPSA) is 63.0 Å². The van der Waals surface area contributed by atoms with E-state index in [1.165, 1.54) is 0 Å². The van der Waals surface area contributed by atoms with Crippen molar-refractivity contribution in [1.82, 2.24) is 4.98 Å². The lowest BCUT2D eigenvalue weighted by Gasteiger charge is -2.07. The average Bonchev–Trinajstić information content (AvgIpc) is 2.95. The zero-order chi connectivity index (χ0) is 22.2. The molecule has 2 heterocycles. The smallest absolute Gasteiger partial charge is 0.197 e. The van der Waals surface area contributed by atoms with Gasteiger partial charge in [-0.25, -0.2) is 13.8 Å². The number of carbonyl (C=O) groups is 1. The van der Waals surface area contributed by atoms with E-state index in [2.05, 4.69) is 11.1 Å². The van der Waals surface area contributed by atoms with Crippen LogP contribution in [0.5, 0.6) is 5.75 Å². The minimum absolute atomic E-state index is 0.144. The second-order valence-corrected chi connectivity index (χ2v) is 7.35. The van der Waals surface area contributed by atoms with Crippen molar-refractivity contribution in [2.75, 3.05) is 0 Å². The summed E-state index contributed by atoms with van der Waals surface area (Å²) in [5.74, 6) is -1.62. The number of carbonyl (C=O) groups excluding carboxylic acids is 1. The number of hydrogen-bond acceptors (Lipinski definition) is 4. The molecule has 1 aliphatic rings. The van der Waals surface area contributed by atoms with Crippen molar-refractivity contribution in [3.8, 4) is 11.8 Å². The van der Waals surface area contributed by atoms with Gasteiger partial charge in [-0.1, -0.05) is 30.3 Å². The van der Waals surface area contributed by atoms with Crippen molar-refractivity contribution in [1.29, 1.82) is 5.26 Å². The third kappa shape index (κ3) is 3.40. The van der Waals surface area contributed by atoms with Gasteiger partial charge in [0.1, 0.15) is 12.4 Å². The van der Waals surface area contributed by atoms with Gasteiger partial charge in [0.25, 0.3) is 0 Å². The number of fused-ring (bicyclic) bond motifs is 3. The minimum atomic E-state index is -0.949. The molecule has 3 aromatic carbocycles. The summed E-state index contributed by atoms with van der Waals surface area (Å²) in [5.41, 5.74) is 3.51. The molecule has 0 spiro atoms. The highest BCUT2D eigenvalue weighted by Gasteiger charge is 2.24. The summed E-state index contributed by atoms with van der Waals surface area (Å²) in [5, 5.41) is 9.84. The first kappa shape index (κ1) is 19.6.